The van der Waals surface area contributed by atoms with Crippen molar-refractivity contribution in [2.24, 2.45) is 0 Å². The molecule has 3 rings (SSSR count). The second kappa shape index (κ2) is 5.08. The summed E-state index contributed by atoms with van der Waals surface area (Å²) in [5, 5.41) is 0. The van der Waals surface area contributed by atoms with Gasteiger partial charge in [0.25, 0.3) is 0 Å². The van der Waals surface area contributed by atoms with Gasteiger partial charge < -0.3 is 4.90 Å². The minimum atomic E-state index is 0.649. The van der Waals surface area contributed by atoms with E-state index in [2.05, 4.69) is 33.6 Å². The molecule has 2 saturated heterocycles. The molecule has 0 aromatic carbocycles. The van der Waals surface area contributed by atoms with Gasteiger partial charge in [-0.1, -0.05) is 0 Å². The van der Waals surface area contributed by atoms with Crippen LogP contribution in [0.4, 0.5) is 5.95 Å². The van der Waals surface area contributed by atoms with Gasteiger partial charge in [-0.3, -0.25) is 4.90 Å². The molecule has 1 aromatic heterocycles. The molecule has 4 nitrogen and oxygen atoms in total. The summed E-state index contributed by atoms with van der Waals surface area (Å²) in [6.45, 7) is 8.86. The molecule has 3 heterocycles. The Balaban J connectivity index is 1.80. The van der Waals surface area contributed by atoms with Gasteiger partial charge in [0.15, 0.2) is 0 Å². The molecule has 0 saturated carbocycles. The summed E-state index contributed by atoms with van der Waals surface area (Å²) in [4.78, 5) is 14.1. The highest BCUT2D eigenvalue weighted by Gasteiger charge is 2.38. The molecule has 4 heteroatoms. The first-order valence-corrected chi connectivity index (χ1v) is 7.47. The predicted molar refractivity (Wildman–Crippen MR) is 77.4 cm³/mol. The van der Waals surface area contributed by atoms with Crippen LogP contribution in [-0.4, -0.2) is 46.1 Å². The van der Waals surface area contributed by atoms with Crippen LogP contribution in [0.2, 0.25) is 0 Å². The van der Waals surface area contributed by atoms with Gasteiger partial charge in [0.2, 0.25) is 5.95 Å². The standard InChI is InChI=1S/C15H24N4/c1-11(2)19-13-4-5-14(19)10-18(9-7-13)15-16-8-6-12(3)17-15/h6,8,11,13-14H,4-5,7,9-10H2,1-3H3. The van der Waals surface area contributed by atoms with Crippen LogP contribution in [0.25, 0.3) is 0 Å². The van der Waals surface area contributed by atoms with Crippen molar-refractivity contribution in [3.8, 4) is 0 Å². The third kappa shape index (κ3) is 2.46. The zero-order chi connectivity index (χ0) is 13.4. The van der Waals surface area contributed by atoms with Crippen molar-refractivity contribution in [1.29, 1.82) is 0 Å². The Morgan fingerprint density at radius 1 is 1.21 bits per heavy atom. The van der Waals surface area contributed by atoms with Crippen LogP contribution in [0, 0.1) is 6.92 Å². The quantitative estimate of drug-likeness (QED) is 0.816. The van der Waals surface area contributed by atoms with Crippen molar-refractivity contribution in [3.05, 3.63) is 18.0 Å². The highest BCUT2D eigenvalue weighted by molar-refractivity contribution is 5.31. The van der Waals surface area contributed by atoms with Gasteiger partial charge in [-0.15, -0.1) is 0 Å². The zero-order valence-corrected chi connectivity index (χ0v) is 12.2. The van der Waals surface area contributed by atoms with Crippen LogP contribution in [0.5, 0.6) is 0 Å². The number of rotatable bonds is 2. The molecule has 19 heavy (non-hydrogen) atoms. The Morgan fingerprint density at radius 3 is 2.74 bits per heavy atom. The van der Waals surface area contributed by atoms with E-state index < -0.39 is 0 Å². The highest BCUT2D eigenvalue weighted by Crippen LogP contribution is 2.32. The maximum absolute atomic E-state index is 4.59. The van der Waals surface area contributed by atoms with Crippen molar-refractivity contribution in [2.45, 2.75) is 58.2 Å². The monoisotopic (exact) mass is 260 g/mol. The van der Waals surface area contributed by atoms with Gasteiger partial charge in [0.1, 0.15) is 0 Å². The fraction of sp³-hybridized carbons (Fsp3) is 0.733. The Hall–Kier alpha value is -1.16. The first kappa shape index (κ1) is 12.9. The molecule has 2 atom stereocenters. The number of anilines is 1. The highest BCUT2D eigenvalue weighted by atomic mass is 15.3. The second-order valence-electron chi connectivity index (χ2n) is 6.16. The Morgan fingerprint density at radius 2 is 2.00 bits per heavy atom. The first-order valence-electron chi connectivity index (χ1n) is 7.47. The molecule has 2 aliphatic rings. The summed E-state index contributed by atoms with van der Waals surface area (Å²) < 4.78 is 0. The molecule has 0 amide bonds. The van der Waals surface area contributed by atoms with Crippen LogP contribution in [-0.2, 0) is 0 Å². The molecular weight excluding hydrogens is 236 g/mol. The summed E-state index contributed by atoms with van der Waals surface area (Å²) in [5.74, 6) is 0.913. The van der Waals surface area contributed by atoms with Gasteiger partial charge >= 0.3 is 0 Å². The van der Waals surface area contributed by atoms with E-state index in [9.17, 15) is 0 Å². The van der Waals surface area contributed by atoms with E-state index in [1.807, 2.05) is 19.2 Å². The Kier molecular flexibility index (Phi) is 3.44. The molecule has 0 aliphatic carbocycles. The number of hydrogen-bond donors (Lipinski definition) is 0. The van der Waals surface area contributed by atoms with Crippen LogP contribution in [0.15, 0.2) is 12.3 Å². The summed E-state index contributed by atoms with van der Waals surface area (Å²) in [6, 6.07) is 4.06. The fourth-order valence-corrected chi connectivity index (χ4v) is 3.72. The molecule has 2 unspecified atom stereocenters. The first-order chi connectivity index (χ1) is 9.15. The molecule has 104 valence electrons. The van der Waals surface area contributed by atoms with Gasteiger partial charge in [0.05, 0.1) is 0 Å². The maximum Gasteiger partial charge on any atom is 0.225 e. The maximum atomic E-state index is 4.59. The SMILES string of the molecule is Cc1ccnc(N2CCC3CCC(C2)N3C(C)C)n1. The molecule has 0 N–H and O–H groups in total. The molecule has 1 aromatic rings. The number of fused-ring (bicyclic) bond motifs is 2. The average Bonchev–Trinajstić information content (AvgIpc) is 2.64. The van der Waals surface area contributed by atoms with E-state index >= 15 is 0 Å². The smallest absolute Gasteiger partial charge is 0.225 e. The van der Waals surface area contributed by atoms with Gasteiger partial charge in [-0.2, -0.15) is 0 Å². The zero-order valence-electron chi connectivity index (χ0n) is 12.2. The molecule has 0 radical (unpaired) electrons. The third-order valence-electron chi connectivity index (χ3n) is 4.50. The van der Waals surface area contributed by atoms with Crippen LogP contribution < -0.4 is 4.90 Å². The average molecular weight is 260 g/mol. The lowest BCUT2D eigenvalue weighted by Crippen LogP contribution is -2.43. The predicted octanol–water partition coefficient (Wildman–Crippen LogP) is 2.24. The lowest BCUT2D eigenvalue weighted by molar-refractivity contribution is 0.158. The van der Waals surface area contributed by atoms with E-state index in [4.69, 9.17) is 0 Å². The van der Waals surface area contributed by atoms with Gasteiger partial charge in [-0.05, 0) is 46.1 Å². The van der Waals surface area contributed by atoms with Gasteiger partial charge in [-0.25, -0.2) is 9.97 Å². The van der Waals surface area contributed by atoms with E-state index in [0.717, 1.165) is 30.8 Å². The van der Waals surface area contributed by atoms with Crippen molar-refractivity contribution in [3.63, 3.8) is 0 Å². The second-order valence-corrected chi connectivity index (χ2v) is 6.16. The number of hydrogen-bond acceptors (Lipinski definition) is 4. The Bertz CT molecular complexity index is 446. The minimum Gasteiger partial charge on any atom is -0.339 e. The van der Waals surface area contributed by atoms with Gasteiger partial charge in [0, 0.05) is 43.1 Å². The van der Waals surface area contributed by atoms with E-state index in [1.165, 1.54) is 19.3 Å². The molecular formula is C15H24N4. The van der Waals surface area contributed by atoms with E-state index in [1.54, 1.807) is 0 Å². The van der Waals surface area contributed by atoms with Crippen molar-refractivity contribution in [2.75, 3.05) is 18.0 Å². The minimum absolute atomic E-state index is 0.649. The topological polar surface area (TPSA) is 32.3 Å². The van der Waals surface area contributed by atoms with E-state index in [0.29, 0.717) is 12.1 Å². The summed E-state index contributed by atoms with van der Waals surface area (Å²) in [5.41, 5.74) is 1.06. The van der Waals surface area contributed by atoms with Crippen LogP contribution in [0.1, 0.15) is 38.8 Å². The Labute approximate surface area is 115 Å². The summed E-state index contributed by atoms with van der Waals surface area (Å²) >= 11 is 0. The molecule has 2 aliphatic heterocycles. The van der Waals surface area contributed by atoms with E-state index in [-0.39, 0.29) is 0 Å². The van der Waals surface area contributed by atoms with Crippen molar-refractivity contribution in [1.82, 2.24) is 14.9 Å². The lowest BCUT2D eigenvalue weighted by atomic mass is 10.1. The molecule has 2 fully saturated rings. The number of nitrogens with zero attached hydrogens (tertiary/aromatic N) is 4. The summed E-state index contributed by atoms with van der Waals surface area (Å²) in [6.07, 6.45) is 5.81. The molecule has 2 bridgehead atoms. The largest absolute Gasteiger partial charge is 0.339 e. The van der Waals surface area contributed by atoms with Crippen molar-refractivity contribution < 1.29 is 0 Å². The third-order valence-corrected chi connectivity index (χ3v) is 4.50. The normalized spacial score (nSPS) is 27.9. The molecule has 0 spiro atoms. The van der Waals surface area contributed by atoms with Crippen molar-refractivity contribution >= 4 is 5.95 Å². The summed E-state index contributed by atoms with van der Waals surface area (Å²) in [7, 11) is 0. The lowest BCUT2D eigenvalue weighted by Gasteiger charge is -2.32. The number of aryl methyl sites for hydroxylation is 1. The van der Waals surface area contributed by atoms with Crippen LogP contribution in [0.3, 0.4) is 0 Å². The fourth-order valence-electron chi connectivity index (χ4n) is 3.72. The number of aromatic nitrogens is 2. The van der Waals surface area contributed by atoms with Crippen LogP contribution >= 0.6 is 0 Å².